The molecule has 0 spiro atoms. The van der Waals surface area contributed by atoms with Crippen LogP contribution in [0.5, 0.6) is 0 Å². The molecule has 7 heteroatoms. The molecule has 0 aliphatic heterocycles. The number of para-hydroxylation sites is 1. The number of hydrogen-bond donors (Lipinski definition) is 1. The van der Waals surface area contributed by atoms with Gasteiger partial charge in [-0.1, -0.05) is 48.2 Å². The zero-order valence-corrected chi connectivity index (χ0v) is 15.4. The highest BCUT2D eigenvalue weighted by Gasteiger charge is 2.14. The fraction of sp³-hybridized carbons (Fsp3) is 0.294. The van der Waals surface area contributed by atoms with E-state index in [9.17, 15) is 4.79 Å². The quantitative estimate of drug-likeness (QED) is 0.551. The highest BCUT2D eigenvalue weighted by Crippen LogP contribution is 2.26. The Bertz CT molecular complexity index is 891. The van der Waals surface area contributed by atoms with Gasteiger partial charge in [0.2, 0.25) is 11.0 Å². The molecule has 3 aromatic rings. The van der Waals surface area contributed by atoms with Crippen LogP contribution in [0.4, 0.5) is 5.13 Å². The maximum Gasteiger partial charge on any atom is 0.230 e. The van der Waals surface area contributed by atoms with Crippen molar-refractivity contribution in [2.45, 2.75) is 31.5 Å². The minimum atomic E-state index is -0.0949. The third-order valence-electron chi connectivity index (χ3n) is 3.74. The lowest BCUT2D eigenvalue weighted by atomic mass is 9.99. The van der Waals surface area contributed by atoms with Crippen LogP contribution in [0, 0.1) is 13.8 Å². The molecule has 24 heavy (non-hydrogen) atoms. The number of rotatable bonds is 5. The lowest BCUT2D eigenvalue weighted by molar-refractivity contribution is -0.115. The van der Waals surface area contributed by atoms with Crippen LogP contribution in [0.25, 0.3) is 10.9 Å². The van der Waals surface area contributed by atoms with Crippen LogP contribution < -0.4 is 5.32 Å². The molecule has 1 N–H and O–H groups in total. The van der Waals surface area contributed by atoms with Gasteiger partial charge in [-0.2, -0.15) is 0 Å². The van der Waals surface area contributed by atoms with Gasteiger partial charge in [-0.15, -0.1) is 10.2 Å². The smallest absolute Gasteiger partial charge is 0.230 e. The zero-order chi connectivity index (χ0) is 17.1. The summed E-state index contributed by atoms with van der Waals surface area (Å²) in [5, 5.41) is 12.5. The third-order valence-corrected chi connectivity index (χ3v) is 5.60. The molecule has 0 fully saturated rings. The van der Waals surface area contributed by atoms with Gasteiger partial charge in [0.25, 0.3) is 0 Å². The maximum atomic E-state index is 12.4. The first-order valence-electron chi connectivity index (χ1n) is 7.69. The average Bonchev–Trinajstić information content (AvgIpc) is 2.99. The fourth-order valence-corrected chi connectivity index (χ4v) is 4.26. The molecule has 124 valence electrons. The number of hydrogen-bond acceptors (Lipinski definition) is 6. The molecule has 3 rings (SSSR count). The molecule has 0 unspecified atom stereocenters. The van der Waals surface area contributed by atoms with Crippen molar-refractivity contribution in [3.05, 3.63) is 41.1 Å². The van der Waals surface area contributed by atoms with Crippen molar-refractivity contribution in [2.24, 2.45) is 0 Å². The molecule has 1 amide bonds. The number of carbonyl (C=O) groups excluding carboxylic acids is 1. The van der Waals surface area contributed by atoms with Crippen LogP contribution in [0.1, 0.15) is 23.7 Å². The van der Waals surface area contributed by atoms with Crippen molar-refractivity contribution in [2.75, 3.05) is 11.1 Å². The standard InChI is InChI=1S/C17H18N4OS2/c1-4-23-17-21-20-16(24-17)19-15(22)9-13-10(2)12-7-5-6-8-14(12)18-11(13)3/h5-8H,4,9H2,1-3H3,(H,19,20,22). The van der Waals surface area contributed by atoms with E-state index in [1.54, 1.807) is 11.8 Å². The number of carbonyl (C=O) groups is 1. The van der Waals surface area contributed by atoms with E-state index in [1.807, 2.05) is 38.1 Å². The molecule has 5 nitrogen and oxygen atoms in total. The Hall–Kier alpha value is -1.99. The SMILES string of the molecule is CCSc1nnc(NC(=O)Cc2c(C)nc3ccccc3c2C)s1. The van der Waals surface area contributed by atoms with Gasteiger partial charge in [-0.05, 0) is 36.8 Å². The van der Waals surface area contributed by atoms with Crippen molar-refractivity contribution < 1.29 is 4.79 Å². The fourth-order valence-electron chi connectivity index (χ4n) is 2.60. The Kier molecular flexibility index (Phi) is 5.11. The van der Waals surface area contributed by atoms with Crippen LogP contribution in [0.15, 0.2) is 28.6 Å². The van der Waals surface area contributed by atoms with Gasteiger partial charge in [0.15, 0.2) is 4.34 Å². The molecule has 2 aromatic heterocycles. The van der Waals surface area contributed by atoms with Crippen molar-refractivity contribution >= 4 is 45.0 Å². The summed E-state index contributed by atoms with van der Waals surface area (Å²) in [7, 11) is 0. The van der Waals surface area contributed by atoms with Gasteiger partial charge >= 0.3 is 0 Å². The van der Waals surface area contributed by atoms with Crippen molar-refractivity contribution in [3.8, 4) is 0 Å². The lowest BCUT2D eigenvalue weighted by Crippen LogP contribution is -2.16. The van der Waals surface area contributed by atoms with Gasteiger partial charge in [0.1, 0.15) is 0 Å². The van der Waals surface area contributed by atoms with Gasteiger partial charge in [0.05, 0.1) is 11.9 Å². The largest absolute Gasteiger partial charge is 0.300 e. The molecular weight excluding hydrogens is 340 g/mol. The number of aromatic nitrogens is 3. The number of nitrogens with one attached hydrogen (secondary N) is 1. The van der Waals surface area contributed by atoms with Crippen LogP contribution in [0.2, 0.25) is 0 Å². The van der Waals surface area contributed by atoms with Gasteiger partial charge in [-0.25, -0.2) is 0 Å². The first-order chi connectivity index (χ1) is 11.6. The topological polar surface area (TPSA) is 67.8 Å². The van der Waals surface area contributed by atoms with E-state index in [0.717, 1.165) is 37.8 Å². The summed E-state index contributed by atoms with van der Waals surface area (Å²) in [5.74, 6) is 0.839. The number of amides is 1. The highest BCUT2D eigenvalue weighted by atomic mass is 32.2. The van der Waals surface area contributed by atoms with E-state index in [0.29, 0.717) is 5.13 Å². The Labute approximate surface area is 148 Å². The monoisotopic (exact) mass is 358 g/mol. The zero-order valence-electron chi connectivity index (χ0n) is 13.8. The first-order valence-corrected chi connectivity index (χ1v) is 9.49. The minimum absolute atomic E-state index is 0.0949. The number of fused-ring (bicyclic) bond motifs is 1. The summed E-state index contributed by atoms with van der Waals surface area (Å²) in [5.41, 5.74) is 3.93. The molecule has 2 heterocycles. The Morgan fingerprint density at radius 2 is 2.04 bits per heavy atom. The van der Waals surface area contributed by atoms with E-state index in [4.69, 9.17) is 0 Å². The molecule has 0 aliphatic carbocycles. The number of benzene rings is 1. The maximum absolute atomic E-state index is 12.4. The number of thioether (sulfide) groups is 1. The van der Waals surface area contributed by atoms with Crippen molar-refractivity contribution in [1.29, 1.82) is 0 Å². The second-order valence-corrected chi connectivity index (χ2v) is 7.84. The van der Waals surface area contributed by atoms with Crippen LogP contribution >= 0.6 is 23.1 Å². The summed E-state index contributed by atoms with van der Waals surface area (Å²) in [6.07, 6.45) is 0.283. The Morgan fingerprint density at radius 1 is 1.25 bits per heavy atom. The molecule has 0 saturated heterocycles. The first kappa shape index (κ1) is 16.9. The predicted molar refractivity (Wildman–Crippen MR) is 99.9 cm³/mol. The molecule has 0 saturated carbocycles. The summed E-state index contributed by atoms with van der Waals surface area (Å²) in [4.78, 5) is 17.0. The summed E-state index contributed by atoms with van der Waals surface area (Å²) in [6.45, 7) is 6.05. The molecule has 0 radical (unpaired) electrons. The van der Waals surface area contributed by atoms with Crippen LogP contribution in [0.3, 0.4) is 0 Å². The lowest BCUT2D eigenvalue weighted by Gasteiger charge is -2.12. The Balaban J connectivity index is 1.79. The van der Waals surface area contributed by atoms with Crippen molar-refractivity contribution in [1.82, 2.24) is 15.2 Å². The van der Waals surface area contributed by atoms with Crippen LogP contribution in [-0.2, 0) is 11.2 Å². The summed E-state index contributed by atoms with van der Waals surface area (Å²) >= 11 is 3.02. The van der Waals surface area contributed by atoms with Gasteiger partial charge in [0, 0.05) is 11.1 Å². The van der Waals surface area contributed by atoms with E-state index < -0.39 is 0 Å². The van der Waals surface area contributed by atoms with E-state index >= 15 is 0 Å². The molecule has 1 aromatic carbocycles. The summed E-state index contributed by atoms with van der Waals surface area (Å²) < 4.78 is 0.868. The van der Waals surface area contributed by atoms with E-state index in [2.05, 4.69) is 27.4 Å². The number of aryl methyl sites for hydroxylation is 2. The normalized spacial score (nSPS) is 11.0. The van der Waals surface area contributed by atoms with E-state index in [1.165, 1.54) is 11.3 Å². The minimum Gasteiger partial charge on any atom is -0.300 e. The average molecular weight is 358 g/mol. The summed E-state index contributed by atoms with van der Waals surface area (Å²) in [6, 6.07) is 8.00. The second-order valence-electron chi connectivity index (χ2n) is 5.35. The molecule has 0 bridgehead atoms. The van der Waals surface area contributed by atoms with Gasteiger partial charge < -0.3 is 5.32 Å². The number of pyridine rings is 1. The number of anilines is 1. The number of nitrogens with zero attached hydrogens (tertiary/aromatic N) is 3. The molecule has 0 atom stereocenters. The predicted octanol–water partition coefficient (Wildman–Crippen LogP) is 4.00. The third kappa shape index (κ3) is 3.57. The van der Waals surface area contributed by atoms with E-state index in [-0.39, 0.29) is 12.3 Å². The Morgan fingerprint density at radius 3 is 2.83 bits per heavy atom. The van der Waals surface area contributed by atoms with Crippen LogP contribution in [-0.4, -0.2) is 26.8 Å². The van der Waals surface area contributed by atoms with Crippen molar-refractivity contribution in [3.63, 3.8) is 0 Å². The van der Waals surface area contributed by atoms with Gasteiger partial charge in [-0.3, -0.25) is 9.78 Å². The molecule has 0 aliphatic rings. The second kappa shape index (κ2) is 7.27. The molecular formula is C17H18N4OS2. The highest BCUT2D eigenvalue weighted by molar-refractivity contribution is 8.01.